The van der Waals surface area contributed by atoms with E-state index in [1.165, 1.54) is 17.2 Å². The number of hydrogen-bond acceptors (Lipinski definition) is 7. The van der Waals surface area contributed by atoms with Gasteiger partial charge in [-0.25, -0.2) is 4.79 Å². The van der Waals surface area contributed by atoms with Gasteiger partial charge in [-0.15, -0.1) is 12.3 Å². The Bertz CT molecular complexity index is 1450. The number of carbonyl (C=O) groups excluding carboxylic acids is 6. The summed E-state index contributed by atoms with van der Waals surface area (Å²) in [5.74, 6) is -3.64. The minimum atomic E-state index is -1.09. The van der Waals surface area contributed by atoms with Crippen LogP contribution in [0.3, 0.4) is 0 Å². The van der Waals surface area contributed by atoms with Crippen molar-refractivity contribution in [3.8, 4) is 0 Å². The molecule has 260 valence electrons. The number of nitrogens with one attached hydrogen (secondary N) is 4. The van der Waals surface area contributed by atoms with Gasteiger partial charge in [0.2, 0.25) is 23.4 Å². The molecule has 1 saturated carbocycles. The van der Waals surface area contributed by atoms with Crippen LogP contribution in [0.5, 0.6) is 0 Å². The average Bonchev–Trinajstić information content (AvgIpc) is 3.38. The Balaban J connectivity index is 1.86. The zero-order valence-electron chi connectivity index (χ0n) is 29.0. The highest BCUT2D eigenvalue weighted by atomic mass is 16.2. The second kappa shape index (κ2) is 17.0. The molecule has 5 amide bonds. The molecule has 2 heterocycles. The summed E-state index contributed by atoms with van der Waals surface area (Å²) in [5.41, 5.74) is 4.28. The highest BCUT2D eigenvalue weighted by Gasteiger charge is 2.47. The van der Waals surface area contributed by atoms with Gasteiger partial charge < -0.3 is 26.2 Å². The van der Waals surface area contributed by atoms with Crippen molar-refractivity contribution in [1.82, 2.24) is 31.2 Å². The Kier molecular flexibility index (Phi) is 13.4. The third kappa shape index (κ3) is 9.97. The first kappa shape index (κ1) is 37.9. The van der Waals surface area contributed by atoms with Crippen LogP contribution in [-0.4, -0.2) is 83.0 Å². The maximum atomic E-state index is 14.4. The van der Waals surface area contributed by atoms with Gasteiger partial charge in [0.1, 0.15) is 17.8 Å². The lowest BCUT2D eigenvalue weighted by atomic mass is 9.81. The van der Waals surface area contributed by atoms with Gasteiger partial charge in [-0.05, 0) is 61.3 Å². The van der Waals surface area contributed by atoms with Crippen LogP contribution in [-0.2, 0) is 19.2 Å². The summed E-state index contributed by atoms with van der Waals surface area (Å²) >= 11 is 0. The molecule has 2 aliphatic rings. The summed E-state index contributed by atoms with van der Waals surface area (Å²) in [4.78, 5) is 85.2. The van der Waals surface area contributed by atoms with Gasteiger partial charge in [0, 0.05) is 18.7 Å². The van der Waals surface area contributed by atoms with Crippen LogP contribution in [0, 0.1) is 17.3 Å². The minimum Gasteiger partial charge on any atom is -0.347 e. The first-order valence-corrected chi connectivity index (χ1v) is 16.6. The van der Waals surface area contributed by atoms with Crippen LogP contribution in [0.4, 0.5) is 4.79 Å². The van der Waals surface area contributed by atoms with Crippen LogP contribution >= 0.6 is 0 Å². The predicted molar refractivity (Wildman–Crippen MR) is 182 cm³/mol. The topological polar surface area (TPSA) is 167 Å². The zero-order valence-corrected chi connectivity index (χ0v) is 29.0. The molecule has 2 fully saturated rings. The van der Waals surface area contributed by atoms with Gasteiger partial charge in [0.15, 0.2) is 0 Å². The fourth-order valence-electron chi connectivity index (χ4n) is 6.22. The Morgan fingerprint density at radius 1 is 1.04 bits per heavy atom. The molecular formula is C36H50N6O6. The summed E-state index contributed by atoms with van der Waals surface area (Å²) in [6.07, 6.45) is 7.50. The molecule has 1 aliphatic carbocycles. The molecule has 0 aromatic carbocycles. The number of rotatable bonds is 12. The minimum absolute atomic E-state index is 0.0753. The second-order valence-corrected chi connectivity index (χ2v) is 13.9. The number of pyridine rings is 1. The largest absolute Gasteiger partial charge is 0.347 e. The van der Waals surface area contributed by atoms with Crippen molar-refractivity contribution >= 4 is 35.3 Å². The van der Waals surface area contributed by atoms with E-state index in [2.05, 4.69) is 38.6 Å². The summed E-state index contributed by atoms with van der Waals surface area (Å²) in [6, 6.07) is 1.45. The molecule has 0 spiro atoms. The van der Waals surface area contributed by atoms with E-state index in [1.54, 1.807) is 45.9 Å². The van der Waals surface area contributed by atoms with Gasteiger partial charge >= 0.3 is 6.03 Å². The normalized spacial score (nSPS) is 19.3. The smallest absolute Gasteiger partial charge is 0.316 e. The summed E-state index contributed by atoms with van der Waals surface area (Å²) in [7, 11) is 0. The molecule has 1 aromatic rings. The molecule has 48 heavy (non-hydrogen) atoms. The van der Waals surface area contributed by atoms with E-state index in [0.717, 1.165) is 37.7 Å². The third-order valence-corrected chi connectivity index (χ3v) is 8.74. The Morgan fingerprint density at radius 3 is 2.31 bits per heavy atom. The van der Waals surface area contributed by atoms with Gasteiger partial charge in [0.05, 0.1) is 19.1 Å². The lowest BCUT2D eigenvalue weighted by Crippen LogP contribution is -2.61. The van der Waals surface area contributed by atoms with Crippen molar-refractivity contribution in [2.75, 3.05) is 19.6 Å². The molecule has 1 saturated heterocycles. The van der Waals surface area contributed by atoms with Crippen LogP contribution in [0.25, 0.3) is 0 Å². The van der Waals surface area contributed by atoms with E-state index in [-0.39, 0.29) is 30.5 Å². The zero-order chi connectivity index (χ0) is 35.6. The number of aromatic nitrogens is 1. The SMILES string of the molecule is C=CCNC(=O)C(=O)CNC(=O)[C@@H]1[C@@H](C)C(=C=C(C)C)CN1C(=O)[C@@H](NC(=O)N[C@H](C(=O)c1ccccn1)C1CCCCC1)C(C)(C)C. The fourth-order valence-corrected chi connectivity index (χ4v) is 6.22. The highest BCUT2D eigenvalue weighted by Crippen LogP contribution is 2.33. The number of Topliss-reactive ketones (excluding diaryl/α,β-unsaturated/α-hetero) is 2. The fraction of sp³-hybridized carbons (Fsp3) is 0.556. The van der Waals surface area contributed by atoms with Gasteiger partial charge in [-0.3, -0.25) is 29.0 Å². The van der Waals surface area contributed by atoms with Gasteiger partial charge in [0.25, 0.3) is 5.91 Å². The Morgan fingerprint density at radius 2 is 1.73 bits per heavy atom. The summed E-state index contributed by atoms with van der Waals surface area (Å²) in [6.45, 7) is 14.0. The number of carbonyl (C=O) groups is 6. The predicted octanol–water partition coefficient (Wildman–Crippen LogP) is 3.25. The number of urea groups is 1. The van der Waals surface area contributed by atoms with E-state index in [9.17, 15) is 28.8 Å². The third-order valence-electron chi connectivity index (χ3n) is 8.74. The molecule has 4 atom stereocenters. The van der Waals surface area contributed by atoms with Gasteiger partial charge in [-0.2, -0.15) is 0 Å². The molecule has 3 rings (SSSR count). The van der Waals surface area contributed by atoms with Gasteiger partial charge in [-0.1, -0.05) is 59.1 Å². The van der Waals surface area contributed by atoms with Crippen LogP contribution in [0.15, 0.2) is 53.9 Å². The quantitative estimate of drug-likeness (QED) is 0.115. The molecule has 4 N–H and O–H groups in total. The van der Waals surface area contributed by atoms with Crippen molar-refractivity contribution < 1.29 is 28.8 Å². The maximum absolute atomic E-state index is 14.4. The molecule has 0 radical (unpaired) electrons. The number of hydrogen-bond donors (Lipinski definition) is 4. The number of ketones is 2. The lowest BCUT2D eigenvalue weighted by molar-refractivity contribution is -0.143. The van der Waals surface area contributed by atoms with Crippen molar-refractivity contribution in [2.45, 2.75) is 91.8 Å². The lowest BCUT2D eigenvalue weighted by Gasteiger charge is -2.36. The Hall–Kier alpha value is -4.57. The van der Waals surface area contributed by atoms with Crippen molar-refractivity contribution in [1.29, 1.82) is 0 Å². The van der Waals surface area contributed by atoms with Crippen molar-refractivity contribution in [3.63, 3.8) is 0 Å². The molecule has 1 aromatic heterocycles. The van der Waals surface area contributed by atoms with Crippen molar-refractivity contribution in [2.24, 2.45) is 17.3 Å². The number of likely N-dealkylation sites (tertiary alicyclic amines) is 1. The van der Waals surface area contributed by atoms with E-state index in [1.807, 2.05) is 13.8 Å². The molecule has 1 aliphatic heterocycles. The van der Waals surface area contributed by atoms with Crippen LogP contribution < -0.4 is 21.3 Å². The maximum Gasteiger partial charge on any atom is 0.316 e. The van der Waals surface area contributed by atoms with Crippen molar-refractivity contribution in [3.05, 3.63) is 59.6 Å². The van der Waals surface area contributed by atoms with E-state index < -0.39 is 65.5 Å². The molecule has 12 heteroatoms. The first-order chi connectivity index (χ1) is 22.6. The molecular weight excluding hydrogens is 612 g/mol. The van der Waals surface area contributed by atoms with Crippen LogP contribution in [0.2, 0.25) is 0 Å². The first-order valence-electron chi connectivity index (χ1n) is 16.6. The number of amides is 5. The molecule has 0 unspecified atom stereocenters. The van der Waals surface area contributed by atoms with E-state index >= 15 is 0 Å². The number of nitrogens with zero attached hydrogens (tertiary/aromatic N) is 2. The van der Waals surface area contributed by atoms with E-state index in [4.69, 9.17) is 0 Å². The van der Waals surface area contributed by atoms with E-state index in [0.29, 0.717) is 5.57 Å². The Labute approximate surface area is 283 Å². The average molecular weight is 663 g/mol. The standard InChI is InChI=1S/C36H50N6O6/c1-8-17-38-32(45)27(43)20-39-33(46)29-23(4)25(19-22(2)3)21-42(29)34(47)31(36(5,6)7)41-35(48)40-28(24-14-10-9-11-15-24)30(44)26-16-12-13-18-37-26/h8,12-13,16,18,23-24,28-29,31H,1,9-11,14-15,17,20-21H2,2-7H3,(H,38,45)(H,39,46)(H2,40,41,48)/t23-,28-,29-,31+/m0/s1. The van der Waals surface area contributed by atoms with Crippen LogP contribution in [0.1, 0.15) is 84.1 Å². The molecule has 12 nitrogen and oxygen atoms in total. The molecule has 0 bridgehead atoms. The highest BCUT2D eigenvalue weighted by molar-refractivity contribution is 6.37. The monoisotopic (exact) mass is 662 g/mol. The summed E-state index contributed by atoms with van der Waals surface area (Å²) < 4.78 is 0. The summed E-state index contributed by atoms with van der Waals surface area (Å²) in [5, 5.41) is 10.6. The second-order valence-electron chi connectivity index (χ2n) is 13.9.